The fourth-order valence-electron chi connectivity index (χ4n) is 3.07. The number of benzene rings is 1. The zero-order valence-corrected chi connectivity index (χ0v) is 14.9. The van der Waals surface area contributed by atoms with Gasteiger partial charge in [0.15, 0.2) is 0 Å². The van der Waals surface area contributed by atoms with Crippen molar-refractivity contribution in [3.63, 3.8) is 0 Å². The number of nitrogens with zero attached hydrogens (tertiary/aromatic N) is 1. The van der Waals surface area contributed by atoms with Gasteiger partial charge in [-0.05, 0) is 37.8 Å². The Balaban J connectivity index is 2.17. The van der Waals surface area contributed by atoms with Gasteiger partial charge in [-0.25, -0.2) is 0 Å². The minimum atomic E-state index is 0.137. The van der Waals surface area contributed by atoms with Crippen LogP contribution in [0.15, 0.2) is 18.2 Å². The molecule has 0 aromatic heterocycles. The summed E-state index contributed by atoms with van der Waals surface area (Å²) in [6.45, 7) is 12.0. The molecule has 1 heterocycles. The number of hydrogen-bond donors (Lipinski definition) is 1. The zero-order valence-electron chi connectivity index (χ0n) is 13.4. The third-order valence-electron chi connectivity index (χ3n) is 4.08. The smallest absolute Gasteiger partial charge is 0.0637 e. The van der Waals surface area contributed by atoms with Gasteiger partial charge < -0.3 is 5.32 Å². The standard InChI is InChI=1S/C17H26Cl2N2/c1-12(2)8-14-9-20-17(3,4)11-21(14)10-13-6-5-7-15(18)16(13)19/h5-7,12,14,20H,8-11H2,1-4H3. The van der Waals surface area contributed by atoms with E-state index in [4.69, 9.17) is 23.2 Å². The first-order chi connectivity index (χ1) is 9.78. The van der Waals surface area contributed by atoms with Crippen LogP contribution in [-0.2, 0) is 6.54 Å². The Labute approximate surface area is 138 Å². The largest absolute Gasteiger partial charge is 0.309 e. The van der Waals surface area contributed by atoms with Crippen molar-refractivity contribution in [2.75, 3.05) is 13.1 Å². The third-order valence-corrected chi connectivity index (χ3v) is 4.94. The molecule has 0 amide bonds. The molecule has 1 unspecified atom stereocenters. The summed E-state index contributed by atoms with van der Waals surface area (Å²) in [4.78, 5) is 2.55. The summed E-state index contributed by atoms with van der Waals surface area (Å²) in [7, 11) is 0. The van der Waals surface area contributed by atoms with Crippen LogP contribution in [0, 0.1) is 5.92 Å². The second-order valence-corrected chi connectivity index (χ2v) is 7.95. The Morgan fingerprint density at radius 3 is 2.71 bits per heavy atom. The van der Waals surface area contributed by atoms with E-state index >= 15 is 0 Å². The number of hydrogen-bond acceptors (Lipinski definition) is 2. The summed E-state index contributed by atoms with van der Waals surface area (Å²) in [5, 5.41) is 4.99. The first-order valence-electron chi connectivity index (χ1n) is 7.70. The molecule has 2 rings (SSSR count). The van der Waals surface area contributed by atoms with Crippen LogP contribution in [0.4, 0.5) is 0 Å². The lowest BCUT2D eigenvalue weighted by Gasteiger charge is -2.45. The Bertz CT molecular complexity index is 486. The number of piperazine rings is 1. The van der Waals surface area contributed by atoms with Crippen molar-refractivity contribution in [2.45, 2.75) is 52.2 Å². The molecule has 4 heteroatoms. The van der Waals surface area contributed by atoms with Gasteiger partial charge in [-0.15, -0.1) is 0 Å². The summed E-state index contributed by atoms with van der Waals surface area (Å²) in [6, 6.07) is 6.46. The topological polar surface area (TPSA) is 15.3 Å². The van der Waals surface area contributed by atoms with Crippen LogP contribution in [0.1, 0.15) is 39.7 Å². The summed E-state index contributed by atoms with van der Waals surface area (Å²) in [5.41, 5.74) is 1.26. The Morgan fingerprint density at radius 1 is 1.33 bits per heavy atom. The van der Waals surface area contributed by atoms with E-state index in [0.29, 0.717) is 22.0 Å². The van der Waals surface area contributed by atoms with Crippen molar-refractivity contribution in [1.82, 2.24) is 10.2 Å². The highest BCUT2D eigenvalue weighted by Crippen LogP contribution is 2.29. The predicted octanol–water partition coefficient (Wildman–Crippen LogP) is 4.59. The fourth-order valence-corrected chi connectivity index (χ4v) is 3.45. The highest BCUT2D eigenvalue weighted by atomic mass is 35.5. The summed E-state index contributed by atoms with van der Waals surface area (Å²) < 4.78 is 0. The first kappa shape index (κ1) is 17.1. The minimum absolute atomic E-state index is 0.137. The molecule has 1 aliphatic heterocycles. The molecular weight excluding hydrogens is 303 g/mol. The minimum Gasteiger partial charge on any atom is -0.309 e. The molecule has 0 spiro atoms. The molecule has 1 fully saturated rings. The Kier molecular flexibility index (Phi) is 5.59. The molecule has 21 heavy (non-hydrogen) atoms. The fraction of sp³-hybridized carbons (Fsp3) is 0.647. The van der Waals surface area contributed by atoms with Crippen LogP contribution >= 0.6 is 23.2 Å². The summed E-state index contributed by atoms with van der Waals surface area (Å²) >= 11 is 12.5. The van der Waals surface area contributed by atoms with Gasteiger partial charge in [-0.2, -0.15) is 0 Å². The average molecular weight is 329 g/mol. The Morgan fingerprint density at radius 2 is 2.05 bits per heavy atom. The second kappa shape index (κ2) is 6.87. The van der Waals surface area contributed by atoms with Crippen LogP contribution in [0.25, 0.3) is 0 Å². The molecule has 118 valence electrons. The van der Waals surface area contributed by atoms with Gasteiger partial charge in [0.1, 0.15) is 0 Å². The maximum Gasteiger partial charge on any atom is 0.0637 e. The van der Waals surface area contributed by atoms with Crippen molar-refractivity contribution >= 4 is 23.2 Å². The lowest BCUT2D eigenvalue weighted by Crippen LogP contribution is -2.61. The van der Waals surface area contributed by atoms with Gasteiger partial charge in [-0.1, -0.05) is 49.2 Å². The molecule has 0 bridgehead atoms. The first-order valence-corrected chi connectivity index (χ1v) is 8.46. The molecule has 0 radical (unpaired) electrons. The zero-order chi connectivity index (χ0) is 15.6. The normalized spacial score (nSPS) is 22.7. The molecule has 1 N–H and O–H groups in total. The molecule has 1 aromatic carbocycles. The SMILES string of the molecule is CC(C)CC1CNC(C)(C)CN1Cc1cccc(Cl)c1Cl. The van der Waals surface area contributed by atoms with E-state index in [1.165, 1.54) is 6.42 Å². The second-order valence-electron chi connectivity index (χ2n) is 7.17. The molecule has 1 atom stereocenters. The molecule has 0 saturated carbocycles. The van der Waals surface area contributed by atoms with E-state index in [-0.39, 0.29) is 5.54 Å². The van der Waals surface area contributed by atoms with Gasteiger partial charge in [-0.3, -0.25) is 4.90 Å². The lowest BCUT2D eigenvalue weighted by atomic mass is 9.93. The van der Waals surface area contributed by atoms with Crippen molar-refractivity contribution in [2.24, 2.45) is 5.92 Å². The average Bonchev–Trinajstić information content (AvgIpc) is 2.37. The summed E-state index contributed by atoms with van der Waals surface area (Å²) in [6.07, 6.45) is 1.20. The highest BCUT2D eigenvalue weighted by Gasteiger charge is 2.32. The number of rotatable bonds is 4. The summed E-state index contributed by atoms with van der Waals surface area (Å²) in [5.74, 6) is 0.690. The van der Waals surface area contributed by atoms with Crippen LogP contribution in [0.3, 0.4) is 0 Å². The lowest BCUT2D eigenvalue weighted by molar-refractivity contribution is 0.0760. The molecular formula is C17H26Cl2N2. The van der Waals surface area contributed by atoms with E-state index < -0.39 is 0 Å². The number of nitrogens with one attached hydrogen (secondary N) is 1. The molecule has 1 saturated heterocycles. The van der Waals surface area contributed by atoms with Gasteiger partial charge in [0.25, 0.3) is 0 Å². The van der Waals surface area contributed by atoms with Gasteiger partial charge in [0.2, 0.25) is 0 Å². The Hall–Kier alpha value is -0.280. The highest BCUT2D eigenvalue weighted by molar-refractivity contribution is 6.42. The maximum absolute atomic E-state index is 6.36. The molecule has 2 nitrogen and oxygen atoms in total. The number of halogens is 2. The van der Waals surface area contributed by atoms with E-state index in [1.807, 2.05) is 12.1 Å². The van der Waals surface area contributed by atoms with Gasteiger partial charge in [0, 0.05) is 31.2 Å². The van der Waals surface area contributed by atoms with Crippen LogP contribution in [-0.4, -0.2) is 29.6 Å². The van der Waals surface area contributed by atoms with E-state index in [0.717, 1.165) is 25.2 Å². The van der Waals surface area contributed by atoms with E-state index in [9.17, 15) is 0 Å². The van der Waals surface area contributed by atoms with Gasteiger partial charge in [0.05, 0.1) is 10.0 Å². The molecule has 1 aliphatic rings. The van der Waals surface area contributed by atoms with E-state index in [1.54, 1.807) is 0 Å². The van der Waals surface area contributed by atoms with Crippen LogP contribution < -0.4 is 5.32 Å². The van der Waals surface area contributed by atoms with Crippen molar-refractivity contribution < 1.29 is 0 Å². The van der Waals surface area contributed by atoms with Crippen LogP contribution in [0.5, 0.6) is 0 Å². The van der Waals surface area contributed by atoms with Gasteiger partial charge >= 0.3 is 0 Å². The van der Waals surface area contributed by atoms with Crippen molar-refractivity contribution in [3.8, 4) is 0 Å². The molecule has 0 aliphatic carbocycles. The third kappa shape index (κ3) is 4.59. The quantitative estimate of drug-likeness (QED) is 0.869. The van der Waals surface area contributed by atoms with E-state index in [2.05, 4.69) is 44.0 Å². The molecule has 1 aromatic rings. The van der Waals surface area contributed by atoms with Crippen molar-refractivity contribution in [3.05, 3.63) is 33.8 Å². The predicted molar refractivity (Wildman–Crippen MR) is 92.2 cm³/mol. The monoisotopic (exact) mass is 328 g/mol. The maximum atomic E-state index is 6.36. The van der Waals surface area contributed by atoms with Crippen LogP contribution in [0.2, 0.25) is 10.0 Å². The van der Waals surface area contributed by atoms with Crippen molar-refractivity contribution in [1.29, 1.82) is 0 Å².